The average molecular weight is 230 g/mol. The fourth-order valence-electron chi connectivity index (χ4n) is 1.44. The molecule has 0 N–H and O–H groups in total. The highest BCUT2D eigenvalue weighted by Crippen LogP contribution is 2.34. The van der Waals surface area contributed by atoms with Crippen LogP contribution < -0.4 is 0 Å². The maximum absolute atomic E-state index is 13.3. The number of sulfone groups is 1. The summed E-state index contributed by atoms with van der Waals surface area (Å²) in [5.41, 5.74) is 0.411. The summed E-state index contributed by atoms with van der Waals surface area (Å²) >= 11 is 3.90. The number of fused-ring (bicyclic) bond motifs is 1. The smallest absolute Gasteiger partial charge is 0.207 e. The molecule has 2 nitrogen and oxygen atoms in total. The SMILES string of the molecule is O=S1(=O)C(CS)=Cc2cccc(F)c21. The van der Waals surface area contributed by atoms with Gasteiger partial charge in [-0.15, -0.1) is 0 Å². The van der Waals surface area contributed by atoms with Gasteiger partial charge >= 0.3 is 0 Å². The van der Waals surface area contributed by atoms with Gasteiger partial charge in [-0.2, -0.15) is 12.6 Å². The Morgan fingerprint density at radius 1 is 1.36 bits per heavy atom. The Kier molecular flexibility index (Phi) is 2.16. The lowest BCUT2D eigenvalue weighted by Crippen LogP contribution is -2.03. The second-order valence-electron chi connectivity index (χ2n) is 2.93. The summed E-state index contributed by atoms with van der Waals surface area (Å²) in [5.74, 6) is -0.605. The fourth-order valence-corrected chi connectivity index (χ4v) is 3.51. The summed E-state index contributed by atoms with van der Waals surface area (Å²) in [7, 11) is -3.62. The summed E-state index contributed by atoms with van der Waals surface area (Å²) in [6.45, 7) is 0. The molecule has 1 aromatic carbocycles. The Hall–Kier alpha value is -0.810. The lowest BCUT2D eigenvalue weighted by molar-refractivity contribution is 0.572. The fraction of sp³-hybridized carbons (Fsp3) is 0.111. The van der Waals surface area contributed by atoms with Gasteiger partial charge in [0.05, 0.1) is 4.91 Å². The van der Waals surface area contributed by atoms with Gasteiger partial charge in [-0.05, 0) is 17.7 Å². The molecule has 0 unspecified atom stereocenters. The van der Waals surface area contributed by atoms with Crippen LogP contribution in [0.1, 0.15) is 5.56 Å². The summed E-state index contributed by atoms with van der Waals surface area (Å²) in [4.78, 5) is -0.0648. The molecule has 0 aromatic heterocycles. The first kappa shape index (κ1) is 9.73. The Morgan fingerprint density at radius 3 is 2.64 bits per heavy atom. The van der Waals surface area contributed by atoms with Crippen LogP contribution in [0.25, 0.3) is 6.08 Å². The predicted octanol–water partition coefficient (Wildman–Crippen LogP) is 1.88. The van der Waals surface area contributed by atoms with Crippen LogP contribution >= 0.6 is 12.6 Å². The van der Waals surface area contributed by atoms with E-state index in [1.54, 1.807) is 6.07 Å². The zero-order chi connectivity index (χ0) is 10.3. The molecule has 5 heteroatoms. The number of hydrogen-bond donors (Lipinski definition) is 1. The molecule has 0 spiro atoms. The zero-order valence-corrected chi connectivity index (χ0v) is 8.78. The van der Waals surface area contributed by atoms with Gasteiger partial charge in [0, 0.05) is 5.75 Å². The molecule has 1 aliphatic heterocycles. The molecule has 2 rings (SSSR count). The standard InChI is InChI=1S/C9H7FO2S2/c10-8-3-1-2-6-4-7(5-13)14(11,12)9(6)8/h1-4,13H,5H2. The monoisotopic (exact) mass is 230 g/mol. The van der Waals surface area contributed by atoms with Crippen LogP contribution in [0.4, 0.5) is 4.39 Å². The van der Waals surface area contributed by atoms with E-state index in [2.05, 4.69) is 12.6 Å². The van der Waals surface area contributed by atoms with Crippen molar-refractivity contribution in [3.05, 3.63) is 34.5 Å². The van der Waals surface area contributed by atoms with Crippen molar-refractivity contribution in [1.29, 1.82) is 0 Å². The molecule has 0 aliphatic carbocycles. The van der Waals surface area contributed by atoms with Gasteiger partial charge in [0.2, 0.25) is 9.84 Å². The first-order valence-corrected chi connectivity index (χ1v) is 6.04. The molecule has 0 bridgehead atoms. The molecule has 0 saturated heterocycles. The van der Waals surface area contributed by atoms with Crippen molar-refractivity contribution in [2.24, 2.45) is 0 Å². The molecule has 0 atom stereocenters. The summed E-state index contributed by atoms with van der Waals surface area (Å²) in [5, 5.41) is 0. The predicted molar refractivity (Wildman–Crippen MR) is 55.4 cm³/mol. The second kappa shape index (κ2) is 3.10. The highest BCUT2D eigenvalue weighted by atomic mass is 32.2. The molecule has 0 radical (unpaired) electrons. The first-order chi connectivity index (χ1) is 6.57. The minimum absolute atomic E-state index is 0.0937. The Bertz CT molecular complexity index is 518. The minimum Gasteiger partial charge on any atom is -0.219 e. The molecule has 14 heavy (non-hydrogen) atoms. The molecule has 0 saturated carbocycles. The normalized spacial score (nSPS) is 17.7. The van der Waals surface area contributed by atoms with E-state index in [0.29, 0.717) is 5.56 Å². The molecule has 1 aliphatic rings. The molecule has 0 amide bonds. The quantitative estimate of drug-likeness (QED) is 0.747. The van der Waals surface area contributed by atoms with Gasteiger partial charge in [0.1, 0.15) is 10.7 Å². The van der Waals surface area contributed by atoms with Crippen molar-refractivity contribution in [2.75, 3.05) is 5.75 Å². The van der Waals surface area contributed by atoms with Crippen LogP contribution in [0.5, 0.6) is 0 Å². The van der Waals surface area contributed by atoms with E-state index in [0.717, 1.165) is 6.07 Å². The van der Waals surface area contributed by atoms with Crippen molar-refractivity contribution >= 4 is 28.5 Å². The van der Waals surface area contributed by atoms with E-state index < -0.39 is 15.7 Å². The lowest BCUT2D eigenvalue weighted by atomic mass is 10.2. The lowest BCUT2D eigenvalue weighted by Gasteiger charge is -2.01. The topological polar surface area (TPSA) is 34.1 Å². The van der Waals surface area contributed by atoms with Gasteiger partial charge in [-0.3, -0.25) is 0 Å². The van der Waals surface area contributed by atoms with Crippen molar-refractivity contribution < 1.29 is 12.8 Å². The third kappa shape index (κ3) is 1.19. The highest BCUT2D eigenvalue weighted by Gasteiger charge is 2.31. The summed E-state index contributed by atoms with van der Waals surface area (Å²) < 4.78 is 36.6. The average Bonchev–Trinajstić information content (AvgIpc) is 2.38. The third-order valence-corrected chi connectivity index (χ3v) is 4.56. The van der Waals surface area contributed by atoms with E-state index >= 15 is 0 Å². The third-order valence-electron chi connectivity index (χ3n) is 2.08. The number of hydrogen-bond acceptors (Lipinski definition) is 3. The van der Waals surface area contributed by atoms with E-state index in [1.807, 2.05) is 0 Å². The Morgan fingerprint density at radius 2 is 2.07 bits per heavy atom. The molecular formula is C9H7FO2S2. The first-order valence-electron chi connectivity index (χ1n) is 3.92. The maximum Gasteiger partial charge on any atom is 0.207 e. The highest BCUT2D eigenvalue weighted by molar-refractivity contribution is 7.97. The summed E-state index contributed by atoms with van der Waals surface area (Å²) in [6.07, 6.45) is 1.46. The largest absolute Gasteiger partial charge is 0.219 e. The van der Waals surface area contributed by atoms with Crippen LogP contribution in [0.15, 0.2) is 28.0 Å². The van der Waals surface area contributed by atoms with E-state index in [1.165, 1.54) is 12.1 Å². The Labute approximate surface area is 86.8 Å². The van der Waals surface area contributed by atoms with Gasteiger partial charge in [0.25, 0.3) is 0 Å². The van der Waals surface area contributed by atoms with Gasteiger partial charge in [0.15, 0.2) is 0 Å². The van der Waals surface area contributed by atoms with Crippen molar-refractivity contribution in [3.63, 3.8) is 0 Å². The van der Waals surface area contributed by atoms with Gasteiger partial charge in [-0.25, -0.2) is 12.8 Å². The van der Waals surface area contributed by atoms with Crippen molar-refractivity contribution in [1.82, 2.24) is 0 Å². The second-order valence-corrected chi connectivity index (χ2v) is 5.19. The van der Waals surface area contributed by atoms with E-state index in [4.69, 9.17) is 0 Å². The zero-order valence-electron chi connectivity index (χ0n) is 7.07. The van der Waals surface area contributed by atoms with Crippen LogP contribution in [-0.2, 0) is 9.84 Å². The molecule has 74 valence electrons. The Balaban J connectivity index is 2.78. The van der Waals surface area contributed by atoms with Gasteiger partial charge in [-0.1, -0.05) is 12.1 Å². The summed E-state index contributed by atoms with van der Waals surface area (Å²) in [6, 6.07) is 4.21. The minimum atomic E-state index is -3.62. The van der Waals surface area contributed by atoms with E-state index in [-0.39, 0.29) is 15.6 Å². The van der Waals surface area contributed by atoms with Gasteiger partial charge < -0.3 is 0 Å². The van der Waals surface area contributed by atoms with Crippen LogP contribution in [-0.4, -0.2) is 14.2 Å². The maximum atomic E-state index is 13.3. The molecule has 1 heterocycles. The number of thiol groups is 1. The van der Waals surface area contributed by atoms with Crippen LogP contribution in [0.2, 0.25) is 0 Å². The van der Waals surface area contributed by atoms with Crippen LogP contribution in [0.3, 0.4) is 0 Å². The van der Waals surface area contributed by atoms with Crippen molar-refractivity contribution in [2.45, 2.75) is 4.90 Å². The molecular weight excluding hydrogens is 223 g/mol. The molecule has 1 aromatic rings. The van der Waals surface area contributed by atoms with E-state index in [9.17, 15) is 12.8 Å². The molecule has 0 fully saturated rings. The van der Waals surface area contributed by atoms with Crippen LogP contribution in [0, 0.1) is 5.82 Å². The van der Waals surface area contributed by atoms with Crippen molar-refractivity contribution in [3.8, 4) is 0 Å². The number of halogens is 1. The number of rotatable bonds is 1. The number of benzene rings is 1.